The van der Waals surface area contributed by atoms with Crippen molar-refractivity contribution < 1.29 is 28.6 Å². The van der Waals surface area contributed by atoms with Gasteiger partial charge in [-0.1, -0.05) is 128 Å². The van der Waals surface area contributed by atoms with Crippen molar-refractivity contribution in [3.05, 3.63) is 71.6 Å². The third kappa shape index (κ3) is 12.9. The minimum absolute atomic E-state index is 0.0202. The predicted molar refractivity (Wildman–Crippen MR) is 264 cm³/mol. The first-order valence-corrected chi connectivity index (χ1v) is 26.5. The largest absolute Gasteiger partial charge is 0.465 e. The molecule has 0 aromatic heterocycles. The highest BCUT2D eigenvalue weighted by molar-refractivity contribution is 5.78. The van der Waals surface area contributed by atoms with Crippen molar-refractivity contribution in [2.24, 2.45) is 52.3 Å². The molecule has 0 heterocycles. The second-order valence-electron chi connectivity index (χ2n) is 22.1. The fourth-order valence-electron chi connectivity index (χ4n) is 13.8. The van der Waals surface area contributed by atoms with Crippen LogP contribution < -0.4 is 0 Å². The van der Waals surface area contributed by atoms with Crippen LogP contribution in [0.4, 0.5) is 4.39 Å². The molecule has 7 heteroatoms. The van der Waals surface area contributed by atoms with Crippen LogP contribution in [0, 0.1) is 58.1 Å². The molecule has 3 saturated carbocycles. The number of ether oxygens (including phenoxy) is 2. The van der Waals surface area contributed by atoms with Crippen LogP contribution in [0.5, 0.6) is 0 Å². The summed E-state index contributed by atoms with van der Waals surface area (Å²) in [7, 11) is 0. The molecule has 6 nitrogen and oxygen atoms in total. The van der Waals surface area contributed by atoms with Gasteiger partial charge in [-0.25, -0.2) is 4.39 Å². The SMILES string of the molecule is CCC(CCC(C)C1CCC2C3CC=C4CC(OC(=O)CCCCCN(CCO)CCCCCCOC(=O)C(C)c5ccc(-c6ccccc6)c(F)c5)CCC4(C)C3CCC12C)C(C)C. The number of aliphatic hydroxyl groups excluding tert-OH is 1. The Hall–Kier alpha value is -3.03. The second kappa shape index (κ2) is 24.3. The predicted octanol–water partition coefficient (Wildman–Crippen LogP) is 14.1. The summed E-state index contributed by atoms with van der Waals surface area (Å²) in [6.45, 7) is 19.8. The molecule has 4 aliphatic carbocycles. The summed E-state index contributed by atoms with van der Waals surface area (Å²) in [5.41, 5.74) is 4.29. The Balaban J connectivity index is 0.832. The number of nitrogens with zero attached hydrogens (tertiary/aromatic N) is 1. The van der Waals surface area contributed by atoms with E-state index in [1.807, 2.05) is 30.3 Å². The molecule has 0 saturated heterocycles. The van der Waals surface area contributed by atoms with Gasteiger partial charge in [0.15, 0.2) is 0 Å². The number of allylic oxidation sites excluding steroid dienone is 1. The molecule has 1 N–H and O–H groups in total. The molecular formula is C58H88FNO5. The lowest BCUT2D eigenvalue weighted by atomic mass is 9.47. The van der Waals surface area contributed by atoms with Crippen molar-refractivity contribution >= 4 is 11.9 Å². The maximum Gasteiger partial charge on any atom is 0.313 e. The smallest absolute Gasteiger partial charge is 0.313 e. The number of hydrogen-bond acceptors (Lipinski definition) is 6. The minimum Gasteiger partial charge on any atom is -0.465 e. The minimum atomic E-state index is -0.537. The normalized spacial score (nSPS) is 27.6. The van der Waals surface area contributed by atoms with E-state index < -0.39 is 5.92 Å². The lowest BCUT2D eigenvalue weighted by Gasteiger charge is -2.58. The second-order valence-corrected chi connectivity index (χ2v) is 22.1. The van der Waals surface area contributed by atoms with Crippen molar-refractivity contribution in [1.82, 2.24) is 4.90 Å². The van der Waals surface area contributed by atoms with Crippen LogP contribution >= 0.6 is 0 Å². The number of esters is 2. The molecule has 0 spiro atoms. The standard InChI is InChI=1S/C58H88FNO5/c1-8-44(41(2)3)23-22-42(4)51-28-29-52-50-27-25-47-40-48(30-32-57(47,6)53(50)31-33-58(51,52)7)65-55(62)21-15-12-17-35-60(36-37-61)34-16-9-10-18-38-64-56(63)43(5)46-24-26-49(54(59)39-46)45-19-13-11-14-20-45/h11,13-14,19-20,24-26,39,41-44,48,50-53,61H,8-10,12,15-18,21-23,27-38,40H2,1-7H3. The molecule has 2 aromatic rings. The highest BCUT2D eigenvalue weighted by atomic mass is 19.1. The van der Waals surface area contributed by atoms with Crippen molar-refractivity contribution in [2.75, 3.05) is 32.8 Å². The Bertz CT molecular complexity index is 1830. The number of aliphatic hydroxyl groups is 1. The molecule has 6 rings (SSSR count). The van der Waals surface area contributed by atoms with E-state index in [1.54, 1.807) is 24.6 Å². The summed E-state index contributed by atoms with van der Waals surface area (Å²) in [5, 5.41) is 9.69. The Kier molecular flexibility index (Phi) is 19.2. The van der Waals surface area contributed by atoms with Gasteiger partial charge in [0.1, 0.15) is 11.9 Å². The van der Waals surface area contributed by atoms with Gasteiger partial charge in [-0.3, -0.25) is 9.59 Å². The van der Waals surface area contributed by atoms with Crippen LogP contribution in [0.3, 0.4) is 0 Å². The zero-order chi connectivity index (χ0) is 46.6. The topological polar surface area (TPSA) is 76.1 Å². The molecule has 10 unspecified atom stereocenters. The van der Waals surface area contributed by atoms with Crippen molar-refractivity contribution in [3.63, 3.8) is 0 Å². The summed E-state index contributed by atoms with van der Waals surface area (Å²) in [5.74, 6) is 4.57. The fraction of sp³-hybridized carbons (Fsp3) is 0.724. The lowest BCUT2D eigenvalue weighted by molar-refractivity contribution is -0.151. The third-order valence-electron chi connectivity index (χ3n) is 17.9. The summed E-state index contributed by atoms with van der Waals surface area (Å²) < 4.78 is 26.6. The Morgan fingerprint density at radius 3 is 2.29 bits per heavy atom. The Morgan fingerprint density at radius 1 is 0.846 bits per heavy atom. The molecule has 0 radical (unpaired) electrons. The molecule has 0 aliphatic heterocycles. The zero-order valence-corrected chi connectivity index (χ0v) is 41.8. The molecule has 0 amide bonds. The number of unbranched alkanes of at least 4 members (excludes halogenated alkanes) is 5. The van der Waals surface area contributed by atoms with Gasteiger partial charge in [0, 0.05) is 24.9 Å². The van der Waals surface area contributed by atoms with Crippen molar-refractivity contribution in [1.29, 1.82) is 0 Å². The van der Waals surface area contributed by atoms with Crippen LogP contribution in [-0.4, -0.2) is 60.9 Å². The first-order chi connectivity index (χ1) is 31.3. The van der Waals surface area contributed by atoms with E-state index in [9.17, 15) is 19.1 Å². The van der Waals surface area contributed by atoms with E-state index in [4.69, 9.17) is 9.47 Å². The number of fused-ring (bicyclic) bond motifs is 5. The zero-order valence-electron chi connectivity index (χ0n) is 41.8. The van der Waals surface area contributed by atoms with E-state index in [-0.39, 0.29) is 35.9 Å². The molecule has 2 aromatic carbocycles. The number of rotatable bonds is 25. The van der Waals surface area contributed by atoms with Gasteiger partial charge in [-0.15, -0.1) is 0 Å². The molecule has 65 heavy (non-hydrogen) atoms. The summed E-state index contributed by atoms with van der Waals surface area (Å²) in [4.78, 5) is 28.1. The monoisotopic (exact) mass is 898 g/mol. The quantitative estimate of drug-likeness (QED) is 0.0608. The number of benzene rings is 2. The summed E-state index contributed by atoms with van der Waals surface area (Å²) in [6, 6.07) is 14.4. The van der Waals surface area contributed by atoms with E-state index in [1.165, 1.54) is 57.4 Å². The average molecular weight is 898 g/mol. The van der Waals surface area contributed by atoms with E-state index in [2.05, 4.69) is 52.5 Å². The van der Waals surface area contributed by atoms with E-state index >= 15 is 0 Å². The molecular weight excluding hydrogens is 810 g/mol. The van der Waals surface area contributed by atoms with Crippen molar-refractivity contribution in [3.8, 4) is 11.1 Å². The number of hydrogen-bond donors (Lipinski definition) is 1. The first-order valence-electron chi connectivity index (χ1n) is 26.5. The van der Waals surface area contributed by atoms with E-state index in [0.29, 0.717) is 36.1 Å². The number of carbonyl (C=O) groups is 2. The summed E-state index contributed by atoms with van der Waals surface area (Å²) >= 11 is 0. The highest BCUT2D eigenvalue weighted by Crippen LogP contribution is 2.67. The molecule has 0 bridgehead atoms. The van der Waals surface area contributed by atoms with Crippen LogP contribution in [0.25, 0.3) is 11.1 Å². The van der Waals surface area contributed by atoms with Crippen LogP contribution in [-0.2, 0) is 19.1 Å². The third-order valence-corrected chi connectivity index (χ3v) is 17.9. The number of halogens is 1. The molecule has 362 valence electrons. The van der Waals surface area contributed by atoms with Crippen LogP contribution in [0.2, 0.25) is 0 Å². The Morgan fingerprint density at radius 2 is 1.58 bits per heavy atom. The highest BCUT2D eigenvalue weighted by Gasteiger charge is 2.59. The lowest BCUT2D eigenvalue weighted by Crippen LogP contribution is -2.51. The van der Waals surface area contributed by atoms with E-state index in [0.717, 1.165) is 124 Å². The fourth-order valence-corrected chi connectivity index (χ4v) is 13.8. The van der Waals surface area contributed by atoms with Gasteiger partial charge in [0.25, 0.3) is 0 Å². The van der Waals surface area contributed by atoms with Gasteiger partial charge < -0.3 is 19.5 Å². The molecule has 10 atom stereocenters. The van der Waals surface area contributed by atoms with Crippen LogP contribution in [0.1, 0.15) is 182 Å². The summed E-state index contributed by atoms with van der Waals surface area (Å²) in [6.07, 6.45) is 23.7. The van der Waals surface area contributed by atoms with Gasteiger partial charge in [0.05, 0.1) is 19.1 Å². The van der Waals surface area contributed by atoms with Gasteiger partial charge in [-0.05, 0) is 167 Å². The van der Waals surface area contributed by atoms with Gasteiger partial charge in [0.2, 0.25) is 0 Å². The van der Waals surface area contributed by atoms with Crippen LogP contribution in [0.15, 0.2) is 60.2 Å². The average Bonchev–Trinajstić information content (AvgIpc) is 3.66. The maximum atomic E-state index is 14.9. The Labute approximate surface area is 394 Å². The molecule has 3 fully saturated rings. The number of carbonyl (C=O) groups excluding carboxylic acids is 2. The maximum absolute atomic E-state index is 14.9. The van der Waals surface area contributed by atoms with Gasteiger partial charge in [-0.2, -0.15) is 0 Å². The van der Waals surface area contributed by atoms with Crippen molar-refractivity contribution in [2.45, 2.75) is 182 Å². The first kappa shape index (κ1) is 51.4. The molecule has 4 aliphatic rings. The van der Waals surface area contributed by atoms with Gasteiger partial charge >= 0.3 is 11.9 Å².